The van der Waals surface area contributed by atoms with Crippen LogP contribution in [0, 0.1) is 5.82 Å². The van der Waals surface area contributed by atoms with Crippen LogP contribution in [0.15, 0.2) is 30.6 Å². The molecule has 1 heterocycles. The van der Waals surface area contributed by atoms with E-state index >= 15 is 0 Å². The highest BCUT2D eigenvalue weighted by atomic mass is 19.1. The molecule has 5 nitrogen and oxygen atoms in total. The molecule has 2 rings (SSSR count). The van der Waals surface area contributed by atoms with E-state index in [2.05, 4.69) is 15.5 Å². The minimum Gasteiger partial charge on any atom is -0.397 e. The van der Waals surface area contributed by atoms with Gasteiger partial charge in [-0.1, -0.05) is 0 Å². The predicted octanol–water partition coefficient (Wildman–Crippen LogP) is 1.38. The Hall–Kier alpha value is -2.37. The predicted molar refractivity (Wildman–Crippen MR) is 57.4 cm³/mol. The number of nitrogens with two attached hydrogens (primary N) is 1. The minimum atomic E-state index is -0.461. The van der Waals surface area contributed by atoms with Gasteiger partial charge in [0.25, 0.3) is 5.91 Å². The van der Waals surface area contributed by atoms with E-state index in [-0.39, 0.29) is 5.69 Å². The Labute approximate surface area is 90.5 Å². The van der Waals surface area contributed by atoms with Crippen molar-refractivity contribution in [3.63, 3.8) is 0 Å². The average molecular weight is 220 g/mol. The molecule has 0 aliphatic heterocycles. The fourth-order valence-electron chi connectivity index (χ4n) is 1.21. The standard InChI is InChI=1S/C10H9FN4O/c11-7-1-2-8(12)9(3-7)15-10(16)6-4-13-14-5-6/h1-5H,12H2,(H,13,14)(H,15,16). The lowest BCUT2D eigenvalue weighted by atomic mass is 10.2. The Kier molecular flexibility index (Phi) is 2.55. The molecule has 16 heavy (non-hydrogen) atoms. The van der Waals surface area contributed by atoms with E-state index in [4.69, 9.17) is 5.73 Å². The quantitative estimate of drug-likeness (QED) is 0.668. The first kappa shape index (κ1) is 10.2. The highest BCUT2D eigenvalue weighted by molar-refractivity contribution is 6.05. The number of aromatic amines is 1. The van der Waals surface area contributed by atoms with Gasteiger partial charge in [-0.2, -0.15) is 5.10 Å². The van der Waals surface area contributed by atoms with Crippen molar-refractivity contribution in [3.05, 3.63) is 42.0 Å². The monoisotopic (exact) mass is 220 g/mol. The van der Waals surface area contributed by atoms with Crippen LogP contribution in [0.25, 0.3) is 0 Å². The van der Waals surface area contributed by atoms with Crippen molar-refractivity contribution in [2.75, 3.05) is 11.1 Å². The lowest BCUT2D eigenvalue weighted by Crippen LogP contribution is -2.12. The first-order valence-electron chi connectivity index (χ1n) is 4.52. The molecule has 1 amide bonds. The van der Waals surface area contributed by atoms with E-state index in [1.54, 1.807) is 0 Å². The Morgan fingerprint density at radius 2 is 2.31 bits per heavy atom. The number of hydrogen-bond donors (Lipinski definition) is 3. The van der Waals surface area contributed by atoms with Gasteiger partial charge in [-0.3, -0.25) is 9.89 Å². The third kappa shape index (κ3) is 2.00. The summed E-state index contributed by atoms with van der Waals surface area (Å²) in [6.45, 7) is 0. The molecule has 6 heteroatoms. The number of aromatic nitrogens is 2. The lowest BCUT2D eigenvalue weighted by Gasteiger charge is -2.06. The number of benzene rings is 1. The summed E-state index contributed by atoms with van der Waals surface area (Å²) in [5, 5.41) is 8.63. The van der Waals surface area contributed by atoms with Crippen molar-refractivity contribution in [1.29, 1.82) is 0 Å². The fourth-order valence-corrected chi connectivity index (χ4v) is 1.21. The number of nitrogens with zero attached hydrogens (tertiary/aromatic N) is 1. The maximum atomic E-state index is 12.9. The number of nitrogen functional groups attached to an aromatic ring is 1. The molecule has 2 aromatic rings. The van der Waals surface area contributed by atoms with Gasteiger partial charge in [-0.05, 0) is 18.2 Å². The number of anilines is 2. The number of nitrogens with one attached hydrogen (secondary N) is 2. The lowest BCUT2D eigenvalue weighted by molar-refractivity contribution is 0.102. The molecule has 0 bridgehead atoms. The van der Waals surface area contributed by atoms with Crippen molar-refractivity contribution < 1.29 is 9.18 Å². The molecule has 82 valence electrons. The van der Waals surface area contributed by atoms with E-state index in [9.17, 15) is 9.18 Å². The summed E-state index contributed by atoms with van der Waals surface area (Å²) in [7, 11) is 0. The maximum absolute atomic E-state index is 12.9. The van der Waals surface area contributed by atoms with Crippen molar-refractivity contribution in [2.24, 2.45) is 0 Å². The molecule has 0 spiro atoms. The van der Waals surface area contributed by atoms with Crippen LogP contribution in [0.1, 0.15) is 10.4 Å². The molecular weight excluding hydrogens is 211 g/mol. The Morgan fingerprint density at radius 1 is 1.50 bits per heavy atom. The molecule has 0 saturated heterocycles. The van der Waals surface area contributed by atoms with Gasteiger partial charge in [0.05, 0.1) is 23.1 Å². The minimum absolute atomic E-state index is 0.242. The van der Waals surface area contributed by atoms with Crippen LogP contribution >= 0.6 is 0 Å². The number of hydrogen-bond acceptors (Lipinski definition) is 3. The summed E-state index contributed by atoms with van der Waals surface area (Å²) in [5.74, 6) is -0.859. The zero-order valence-corrected chi connectivity index (χ0v) is 8.20. The number of halogens is 1. The molecule has 0 fully saturated rings. The molecule has 0 aliphatic carbocycles. The normalized spacial score (nSPS) is 10.1. The van der Waals surface area contributed by atoms with E-state index in [0.29, 0.717) is 11.3 Å². The van der Waals surface area contributed by atoms with Gasteiger partial charge in [0, 0.05) is 6.20 Å². The van der Waals surface area contributed by atoms with Crippen LogP contribution in [0.2, 0.25) is 0 Å². The second kappa shape index (κ2) is 4.01. The topological polar surface area (TPSA) is 83.8 Å². The fraction of sp³-hybridized carbons (Fsp3) is 0. The average Bonchev–Trinajstić information content (AvgIpc) is 2.76. The summed E-state index contributed by atoms with van der Waals surface area (Å²) in [5.41, 5.74) is 6.48. The number of carbonyl (C=O) groups is 1. The van der Waals surface area contributed by atoms with E-state index < -0.39 is 11.7 Å². The second-order valence-electron chi connectivity index (χ2n) is 3.17. The smallest absolute Gasteiger partial charge is 0.258 e. The van der Waals surface area contributed by atoms with Crippen molar-refractivity contribution in [2.45, 2.75) is 0 Å². The molecule has 1 aromatic heterocycles. The van der Waals surface area contributed by atoms with Crippen LogP contribution in [0.3, 0.4) is 0 Å². The van der Waals surface area contributed by atoms with Gasteiger partial charge in [-0.25, -0.2) is 4.39 Å². The molecule has 1 aromatic carbocycles. The molecule has 0 aliphatic rings. The van der Waals surface area contributed by atoms with Gasteiger partial charge in [-0.15, -0.1) is 0 Å². The molecule has 0 atom stereocenters. The Morgan fingerprint density at radius 3 is 3.00 bits per heavy atom. The van der Waals surface area contributed by atoms with Crippen LogP contribution in [0.4, 0.5) is 15.8 Å². The number of H-pyrrole nitrogens is 1. The van der Waals surface area contributed by atoms with E-state index in [0.717, 1.165) is 6.07 Å². The van der Waals surface area contributed by atoms with Gasteiger partial charge in [0.2, 0.25) is 0 Å². The van der Waals surface area contributed by atoms with Gasteiger partial charge in [0.1, 0.15) is 5.82 Å². The summed E-state index contributed by atoms with van der Waals surface area (Å²) >= 11 is 0. The van der Waals surface area contributed by atoms with Gasteiger partial charge < -0.3 is 11.1 Å². The molecule has 0 saturated carbocycles. The zero-order valence-electron chi connectivity index (χ0n) is 8.20. The summed E-state index contributed by atoms with van der Waals surface area (Å²) in [6, 6.07) is 3.77. The second-order valence-corrected chi connectivity index (χ2v) is 3.17. The maximum Gasteiger partial charge on any atom is 0.258 e. The van der Waals surface area contributed by atoms with Crippen LogP contribution < -0.4 is 11.1 Å². The highest BCUT2D eigenvalue weighted by Crippen LogP contribution is 2.19. The zero-order chi connectivity index (χ0) is 11.5. The Bertz CT molecular complexity index is 510. The van der Waals surface area contributed by atoms with Crippen LogP contribution in [-0.4, -0.2) is 16.1 Å². The summed E-state index contributed by atoms with van der Waals surface area (Å²) in [6.07, 6.45) is 2.80. The largest absolute Gasteiger partial charge is 0.397 e. The first-order valence-corrected chi connectivity index (χ1v) is 4.52. The Balaban J connectivity index is 2.21. The molecule has 0 radical (unpaired) electrons. The number of amides is 1. The van der Waals surface area contributed by atoms with E-state index in [1.807, 2.05) is 0 Å². The molecular formula is C10H9FN4O. The van der Waals surface area contributed by atoms with Gasteiger partial charge >= 0.3 is 0 Å². The number of carbonyl (C=O) groups excluding carboxylic acids is 1. The summed E-state index contributed by atoms with van der Waals surface area (Å²) in [4.78, 5) is 11.6. The van der Waals surface area contributed by atoms with Gasteiger partial charge in [0.15, 0.2) is 0 Å². The summed E-state index contributed by atoms with van der Waals surface area (Å²) < 4.78 is 12.9. The van der Waals surface area contributed by atoms with Crippen LogP contribution in [0.5, 0.6) is 0 Å². The highest BCUT2D eigenvalue weighted by Gasteiger charge is 2.09. The first-order chi connectivity index (χ1) is 7.66. The van der Waals surface area contributed by atoms with Crippen molar-refractivity contribution in [1.82, 2.24) is 10.2 Å². The van der Waals surface area contributed by atoms with E-state index in [1.165, 1.54) is 24.5 Å². The molecule has 4 N–H and O–H groups in total. The molecule has 0 unspecified atom stereocenters. The SMILES string of the molecule is Nc1ccc(F)cc1NC(=O)c1cn[nH]c1. The van der Waals surface area contributed by atoms with Crippen molar-refractivity contribution in [3.8, 4) is 0 Å². The third-order valence-electron chi connectivity index (χ3n) is 2.02. The third-order valence-corrected chi connectivity index (χ3v) is 2.02. The van der Waals surface area contributed by atoms with Crippen molar-refractivity contribution >= 4 is 17.3 Å². The number of rotatable bonds is 2. The van der Waals surface area contributed by atoms with Crippen LogP contribution in [-0.2, 0) is 0 Å².